The Bertz CT molecular complexity index is 1340. The molecule has 2 heterocycles. The zero-order chi connectivity index (χ0) is 23.3. The van der Waals surface area contributed by atoms with Crippen LogP contribution in [0.1, 0.15) is 30.7 Å². The number of rotatable bonds is 6. The first-order valence-corrected chi connectivity index (χ1v) is 11.7. The summed E-state index contributed by atoms with van der Waals surface area (Å²) >= 11 is 0. The van der Waals surface area contributed by atoms with E-state index in [1.54, 1.807) is 0 Å². The second-order valence-electron chi connectivity index (χ2n) is 8.62. The number of carbonyl (C=O) groups is 2. The van der Waals surface area contributed by atoms with Crippen LogP contribution in [0.25, 0.3) is 22.2 Å². The Morgan fingerprint density at radius 3 is 2.68 bits per heavy atom. The maximum Gasteiger partial charge on any atom is 0.243 e. The van der Waals surface area contributed by atoms with Gasteiger partial charge in [0.1, 0.15) is 5.82 Å². The predicted molar refractivity (Wildman–Crippen MR) is 132 cm³/mol. The maximum absolute atomic E-state index is 12.5. The predicted octanol–water partition coefficient (Wildman–Crippen LogP) is 4.12. The summed E-state index contributed by atoms with van der Waals surface area (Å²) in [6, 6.07) is 21.5. The minimum Gasteiger partial charge on any atom is -0.347 e. The van der Waals surface area contributed by atoms with Crippen LogP contribution in [-0.4, -0.2) is 33.1 Å². The molecule has 0 saturated carbocycles. The molecule has 0 saturated heterocycles. The summed E-state index contributed by atoms with van der Waals surface area (Å²) < 4.78 is 2.18. The fourth-order valence-corrected chi connectivity index (χ4v) is 4.50. The smallest absolute Gasteiger partial charge is 0.243 e. The van der Waals surface area contributed by atoms with Crippen LogP contribution in [0.4, 0.5) is 5.69 Å². The van der Waals surface area contributed by atoms with E-state index in [0.29, 0.717) is 5.69 Å². The van der Waals surface area contributed by atoms with Crippen molar-refractivity contribution in [1.82, 2.24) is 20.1 Å². The monoisotopic (exact) mass is 453 g/mol. The summed E-state index contributed by atoms with van der Waals surface area (Å²) in [4.78, 5) is 25.0. The number of nitrogens with one attached hydrogen (secondary N) is 2. The number of benzene rings is 3. The van der Waals surface area contributed by atoms with E-state index in [1.165, 1.54) is 6.42 Å². The Kier molecular flexibility index (Phi) is 6.33. The molecule has 0 atom stereocenters. The quantitative estimate of drug-likeness (QED) is 0.460. The highest BCUT2D eigenvalue weighted by Crippen LogP contribution is 2.25. The van der Waals surface area contributed by atoms with E-state index < -0.39 is 0 Å². The molecule has 5 rings (SSSR count). The van der Waals surface area contributed by atoms with Crippen molar-refractivity contribution in [2.75, 3.05) is 11.9 Å². The summed E-state index contributed by atoms with van der Waals surface area (Å²) in [5.41, 5.74) is 2.52. The third kappa shape index (κ3) is 4.83. The molecule has 3 aromatic carbocycles. The van der Waals surface area contributed by atoms with Crippen molar-refractivity contribution in [2.24, 2.45) is 0 Å². The van der Waals surface area contributed by atoms with Gasteiger partial charge in [0, 0.05) is 24.2 Å². The Hall–Kier alpha value is -4.00. The lowest BCUT2D eigenvalue weighted by atomic mass is 10.0. The van der Waals surface area contributed by atoms with Crippen molar-refractivity contribution in [2.45, 2.75) is 38.6 Å². The van der Waals surface area contributed by atoms with E-state index in [1.807, 2.05) is 66.7 Å². The van der Waals surface area contributed by atoms with Gasteiger partial charge in [-0.2, -0.15) is 0 Å². The summed E-state index contributed by atoms with van der Waals surface area (Å²) in [5.74, 6) is 1.39. The van der Waals surface area contributed by atoms with E-state index in [9.17, 15) is 9.59 Å². The van der Waals surface area contributed by atoms with Gasteiger partial charge < -0.3 is 15.2 Å². The molecule has 7 heteroatoms. The summed E-state index contributed by atoms with van der Waals surface area (Å²) in [5, 5.41) is 16.5. The van der Waals surface area contributed by atoms with Gasteiger partial charge in [0.25, 0.3) is 0 Å². The van der Waals surface area contributed by atoms with Gasteiger partial charge in [0.2, 0.25) is 11.8 Å². The van der Waals surface area contributed by atoms with Crippen LogP contribution >= 0.6 is 0 Å². The standard InChI is InChI=1S/C27H27N5O2/c33-25(17-20-10-6-9-19-8-3-4-13-23(19)20)28-18-26(34)29-22-12-7-11-21(16-22)27-31-30-24-14-2-1-5-15-32(24)27/h3-4,6-13,16H,1-2,5,14-15,17-18H2,(H,28,33)(H,29,34). The molecule has 1 aromatic heterocycles. The van der Waals surface area contributed by atoms with E-state index in [4.69, 9.17) is 0 Å². The fraction of sp³-hybridized carbons (Fsp3) is 0.259. The third-order valence-electron chi connectivity index (χ3n) is 6.19. The van der Waals surface area contributed by atoms with E-state index in [0.717, 1.165) is 59.4 Å². The van der Waals surface area contributed by atoms with Crippen molar-refractivity contribution in [1.29, 1.82) is 0 Å². The normalized spacial score (nSPS) is 13.2. The van der Waals surface area contributed by atoms with Crippen molar-refractivity contribution >= 4 is 28.3 Å². The zero-order valence-electron chi connectivity index (χ0n) is 19.0. The van der Waals surface area contributed by atoms with Crippen molar-refractivity contribution in [3.8, 4) is 11.4 Å². The molecule has 0 fully saturated rings. The van der Waals surface area contributed by atoms with Crippen LogP contribution in [0.5, 0.6) is 0 Å². The van der Waals surface area contributed by atoms with E-state index >= 15 is 0 Å². The van der Waals surface area contributed by atoms with Crippen molar-refractivity contribution in [3.63, 3.8) is 0 Å². The van der Waals surface area contributed by atoms with Crippen LogP contribution in [0.15, 0.2) is 66.7 Å². The number of fused-ring (bicyclic) bond motifs is 2. The maximum atomic E-state index is 12.5. The van der Waals surface area contributed by atoms with E-state index in [2.05, 4.69) is 25.4 Å². The Balaban J connectivity index is 1.20. The van der Waals surface area contributed by atoms with Crippen molar-refractivity contribution < 1.29 is 9.59 Å². The molecule has 0 bridgehead atoms. The Morgan fingerprint density at radius 2 is 1.74 bits per heavy atom. The lowest BCUT2D eigenvalue weighted by Crippen LogP contribution is -2.33. The molecule has 1 aliphatic rings. The highest BCUT2D eigenvalue weighted by atomic mass is 16.2. The summed E-state index contributed by atoms with van der Waals surface area (Å²) in [6.07, 6.45) is 4.63. The number of anilines is 1. The second kappa shape index (κ2) is 9.87. The first-order chi connectivity index (χ1) is 16.7. The average molecular weight is 454 g/mol. The van der Waals surface area contributed by atoms with Crippen LogP contribution in [0.3, 0.4) is 0 Å². The molecular weight excluding hydrogens is 426 g/mol. The molecular formula is C27H27N5O2. The lowest BCUT2D eigenvalue weighted by molar-refractivity contribution is -0.123. The number of nitrogens with zero attached hydrogens (tertiary/aromatic N) is 3. The molecule has 7 nitrogen and oxygen atoms in total. The summed E-state index contributed by atoms with van der Waals surface area (Å²) in [7, 11) is 0. The minimum absolute atomic E-state index is 0.0891. The number of amides is 2. The zero-order valence-corrected chi connectivity index (χ0v) is 19.0. The molecule has 0 radical (unpaired) electrons. The van der Waals surface area contributed by atoms with Crippen LogP contribution in [0.2, 0.25) is 0 Å². The average Bonchev–Trinajstić information content (AvgIpc) is 3.11. The highest BCUT2D eigenvalue weighted by Gasteiger charge is 2.16. The van der Waals surface area contributed by atoms with E-state index in [-0.39, 0.29) is 24.8 Å². The van der Waals surface area contributed by atoms with Gasteiger partial charge in [-0.1, -0.05) is 61.0 Å². The van der Waals surface area contributed by atoms with Gasteiger partial charge in [0.15, 0.2) is 5.82 Å². The van der Waals surface area contributed by atoms with Gasteiger partial charge in [0.05, 0.1) is 13.0 Å². The van der Waals surface area contributed by atoms with Crippen LogP contribution in [0, 0.1) is 0 Å². The molecule has 2 amide bonds. The van der Waals surface area contributed by atoms with Gasteiger partial charge in [-0.3, -0.25) is 9.59 Å². The molecule has 0 aliphatic carbocycles. The number of hydrogen-bond donors (Lipinski definition) is 2. The van der Waals surface area contributed by atoms with Gasteiger partial charge in [-0.25, -0.2) is 0 Å². The van der Waals surface area contributed by atoms with Crippen LogP contribution in [-0.2, 0) is 29.0 Å². The van der Waals surface area contributed by atoms with Gasteiger partial charge in [-0.15, -0.1) is 10.2 Å². The first-order valence-electron chi connectivity index (χ1n) is 11.7. The van der Waals surface area contributed by atoms with Crippen molar-refractivity contribution in [3.05, 3.63) is 78.1 Å². The molecule has 4 aromatic rings. The molecule has 2 N–H and O–H groups in total. The van der Waals surface area contributed by atoms with Gasteiger partial charge in [-0.05, 0) is 41.3 Å². The number of aromatic nitrogens is 3. The Morgan fingerprint density at radius 1 is 0.882 bits per heavy atom. The number of aryl methyl sites for hydroxylation is 1. The SMILES string of the molecule is O=C(Cc1cccc2ccccc12)NCC(=O)Nc1cccc(-c2nnc3n2CCCCC3)c1. The summed E-state index contributed by atoms with van der Waals surface area (Å²) in [6.45, 7) is 0.825. The van der Waals surface area contributed by atoms with Crippen LogP contribution < -0.4 is 10.6 Å². The first kappa shape index (κ1) is 21.8. The second-order valence-corrected chi connectivity index (χ2v) is 8.62. The lowest BCUT2D eigenvalue weighted by Gasteiger charge is -2.10. The minimum atomic E-state index is -0.275. The largest absolute Gasteiger partial charge is 0.347 e. The third-order valence-corrected chi connectivity index (χ3v) is 6.19. The Labute approximate surface area is 198 Å². The molecule has 172 valence electrons. The number of carbonyl (C=O) groups excluding carboxylic acids is 2. The highest BCUT2D eigenvalue weighted by molar-refractivity contribution is 5.96. The van der Waals surface area contributed by atoms with Gasteiger partial charge >= 0.3 is 0 Å². The fourth-order valence-electron chi connectivity index (χ4n) is 4.50. The molecule has 1 aliphatic heterocycles. The molecule has 0 unspecified atom stereocenters. The molecule has 34 heavy (non-hydrogen) atoms. The topological polar surface area (TPSA) is 88.9 Å². The number of hydrogen-bond acceptors (Lipinski definition) is 4. The molecule has 0 spiro atoms.